The zero-order valence-electron chi connectivity index (χ0n) is 5.63. The third kappa shape index (κ3) is 0.568. The molecule has 1 aliphatic carbocycles. The van der Waals surface area contributed by atoms with E-state index >= 15 is 0 Å². The summed E-state index contributed by atoms with van der Waals surface area (Å²) in [6.07, 6.45) is 2.31. The lowest BCUT2D eigenvalue weighted by molar-refractivity contribution is -0.112. The average Bonchev–Trinajstić information content (AvgIpc) is 2.38. The molecule has 9 heavy (non-hydrogen) atoms. The highest BCUT2D eigenvalue weighted by atomic mass is 16.1. The number of likely N-dealkylation sites (tertiary alicyclic amines) is 1. The van der Waals surface area contributed by atoms with Gasteiger partial charge in [0.05, 0.1) is 0 Å². The van der Waals surface area contributed by atoms with Gasteiger partial charge in [0, 0.05) is 18.5 Å². The highest BCUT2D eigenvalue weighted by molar-refractivity contribution is 5.66. The number of hydrogen-bond donors (Lipinski definition) is 0. The fraction of sp³-hybridized carbons (Fsp3) is 0.857. The molecule has 0 aromatic heterocycles. The van der Waals surface area contributed by atoms with E-state index in [-0.39, 0.29) is 5.41 Å². The van der Waals surface area contributed by atoms with E-state index < -0.39 is 0 Å². The van der Waals surface area contributed by atoms with Crippen LogP contribution in [0.2, 0.25) is 0 Å². The Hall–Kier alpha value is -0.370. The van der Waals surface area contributed by atoms with E-state index in [0.717, 1.165) is 25.8 Å². The number of carbonyl (C=O) groups excluding carboxylic acids is 1. The summed E-state index contributed by atoms with van der Waals surface area (Å²) < 4.78 is 0. The van der Waals surface area contributed by atoms with Crippen LogP contribution in [0.15, 0.2) is 0 Å². The summed E-state index contributed by atoms with van der Waals surface area (Å²) in [4.78, 5) is 12.7. The molecule has 1 saturated carbocycles. The van der Waals surface area contributed by atoms with Gasteiger partial charge in [-0.3, -0.25) is 0 Å². The molecule has 0 aromatic rings. The minimum atomic E-state index is 0.120. The summed E-state index contributed by atoms with van der Waals surface area (Å²) in [6.45, 7) is 2.14. The molecule has 2 heteroatoms. The molecule has 0 bridgehead atoms. The SMILES string of the molecule is CN1CC2CC2(C=O)C1. The second kappa shape index (κ2) is 1.37. The molecule has 2 rings (SSSR count). The number of hydrogen-bond acceptors (Lipinski definition) is 2. The lowest BCUT2D eigenvalue weighted by Crippen LogP contribution is -2.20. The maximum absolute atomic E-state index is 10.5. The molecule has 0 N–H and O–H groups in total. The molecule has 0 radical (unpaired) electrons. The van der Waals surface area contributed by atoms with Crippen molar-refractivity contribution in [1.82, 2.24) is 4.90 Å². The topological polar surface area (TPSA) is 20.3 Å². The Morgan fingerprint density at radius 1 is 1.78 bits per heavy atom. The van der Waals surface area contributed by atoms with Gasteiger partial charge < -0.3 is 9.69 Å². The lowest BCUT2D eigenvalue weighted by atomic mass is 10.1. The quantitative estimate of drug-likeness (QED) is 0.464. The Bertz CT molecular complexity index is 157. The average molecular weight is 125 g/mol. The van der Waals surface area contributed by atoms with Gasteiger partial charge >= 0.3 is 0 Å². The van der Waals surface area contributed by atoms with Gasteiger partial charge in [0.15, 0.2) is 0 Å². The van der Waals surface area contributed by atoms with Crippen molar-refractivity contribution in [1.29, 1.82) is 0 Å². The van der Waals surface area contributed by atoms with Crippen molar-refractivity contribution in [2.24, 2.45) is 11.3 Å². The van der Waals surface area contributed by atoms with Crippen LogP contribution in [0.3, 0.4) is 0 Å². The van der Waals surface area contributed by atoms with Crippen molar-refractivity contribution in [3.8, 4) is 0 Å². The minimum absolute atomic E-state index is 0.120. The number of aldehydes is 1. The molecular weight excluding hydrogens is 114 g/mol. The molecule has 2 aliphatic rings. The van der Waals surface area contributed by atoms with Crippen LogP contribution >= 0.6 is 0 Å². The first-order valence-corrected chi connectivity index (χ1v) is 3.42. The second-order valence-corrected chi connectivity index (χ2v) is 3.45. The van der Waals surface area contributed by atoms with Gasteiger partial charge in [-0.15, -0.1) is 0 Å². The second-order valence-electron chi connectivity index (χ2n) is 3.45. The van der Waals surface area contributed by atoms with Gasteiger partial charge in [0.1, 0.15) is 6.29 Å². The molecule has 2 unspecified atom stereocenters. The van der Waals surface area contributed by atoms with E-state index in [0.29, 0.717) is 5.92 Å². The van der Waals surface area contributed by atoms with Gasteiger partial charge in [0.25, 0.3) is 0 Å². The van der Waals surface area contributed by atoms with Crippen LogP contribution in [0.25, 0.3) is 0 Å². The van der Waals surface area contributed by atoms with Gasteiger partial charge in [-0.2, -0.15) is 0 Å². The molecular formula is C7H11NO. The Kier molecular flexibility index (Phi) is 0.826. The highest BCUT2D eigenvalue weighted by Gasteiger charge is 2.59. The maximum Gasteiger partial charge on any atom is 0.127 e. The van der Waals surface area contributed by atoms with E-state index in [9.17, 15) is 4.79 Å². The molecule has 0 spiro atoms. The van der Waals surface area contributed by atoms with E-state index in [1.165, 1.54) is 0 Å². The predicted octanol–water partition coefficient (Wildman–Crippen LogP) is 0.137. The van der Waals surface area contributed by atoms with Gasteiger partial charge in [-0.25, -0.2) is 0 Å². The smallest absolute Gasteiger partial charge is 0.127 e. The maximum atomic E-state index is 10.5. The number of fused-ring (bicyclic) bond motifs is 1. The van der Waals surface area contributed by atoms with Crippen molar-refractivity contribution in [2.75, 3.05) is 20.1 Å². The van der Waals surface area contributed by atoms with Crippen molar-refractivity contribution < 1.29 is 4.79 Å². The fourth-order valence-electron chi connectivity index (χ4n) is 1.96. The molecule has 2 atom stereocenters. The first-order chi connectivity index (χ1) is 4.27. The summed E-state index contributed by atoms with van der Waals surface area (Å²) in [5.74, 6) is 0.708. The van der Waals surface area contributed by atoms with E-state index in [1.54, 1.807) is 0 Å². The van der Waals surface area contributed by atoms with E-state index in [2.05, 4.69) is 11.9 Å². The predicted molar refractivity (Wildman–Crippen MR) is 34.1 cm³/mol. The van der Waals surface area contributed by atoms with Crippen molar-refractivity contribution in [2.45, 2.75) is 6.42 Å². The molecule has 0 aromatic carbocycles. The molecule has 1 aliphatic heterocycles. The van der Waals surface area contributed by atoms with Crippen LogP contribution in [0.5, 0.6) is 0 Å². The highest BCUT2D eigenvalue weighted by Crippen LogP contribution is 2.55. The van der Waals surface area contributed by atoms with Crippen LogP contribution < -0.4 is 0 Å². The third-order valence-electron chi connectivity index (χ3n) is 2.61. The normalized spacial score (nSPS) is 48.8. The number of rotatable bonds is 1. The summed E-state index contributed by atoms with van der Waals surface area (Å²) in [6, 6.07) is 0. The van der Waals surface area contributed by atoms with Crippen LogP contribution in [-0.4, -0.2) is 31.3 Å². The Morgan fingerprint density at radius 2 is 2.56 bits per heavy atom. The van der Waals surface area contributed by atoms with Crippen LogP contribution in [0, 0.1) is 11.3 Å². The van der Waals surface area contributed by atoms with E-state index in [1.807, 2.05) is 0 Å². The van der Waals surface area contributed by atoms with Crippen LogP contribution in [0.4, 0.5) is 0 Å². The van der Waals surface area contributed by atoms with Gasteiger partial charge in [-0.1, -0.05) is 0 Å². The van der Waals surface area contributed by atoms with Crippen molar-refractivity contribution in [3.05, 3.63) is 0 Å². The largest absolute Gasteiger partial charge is 0.305 e. The zero-order chi connectivity index (χ0) is 6.48. The zero-order valence-corrected chi connectivity index (χ0v) is 5.63. The Balaban J connectivity index is 2.13. The Morgan fingerprint density at radius 3 is 2.89 bits per heavy atom. The Labute approximate surface area is 54.8 Å². The monoisotopic (exact) mass is 125 g/mol. The molecule has 1 saturated heterocycles. The van der Waals surface area contributed by atoms with Crippen molar-refractivity contribution >= 4 is 6.29 Å². The first-order valence-electron chi connectivity index (χ1n) is 3.42. The molecule has 0 amide bonds. The van der Waals surface area contributed by atoms with Crippen LogP contribution in [0.1, 0.15) is 6.42 Å². The first kappa shape index (κ1) is 5.42. The summed E-state index contributed by atoms with van der Waals surface area (Å²) in [5, 5.41) is 0. The summed E-state index contributed by atoms with van der Waals surface area (Å²) >= 11 is 0. The third-order valence-corrected chi connectivity index (χ3v) is 2.61. The molecule has 2 fully saturated rings. The van der Waals surface area contributed by atoms with Crippen LogP contribution in [-0.2, 0) is 4.79 Å². The summed E-state index contributed by atoms with van der Waals surface area (Å²) in [7, 11) is 2.08. The molecule has 2 nitrogen and oxygen atoms in total. The molecule has 1 heterocycles. The standard InChI is InChI=1S/C7H11NO/c1-8-3-6-2-7(6,4-8)5-9/h5-6H,2-4H2,1H3. The van der Waals surface area contributed by atoms with E-state index in [4.69, 9.17) is 0 Å². The van der Waals surface area contributed by atoms with Gasteiger partial charge in [-0.05, 0) is 19.4 Å². The number of piperidine rings is 1. The lowest BCUT2D eigenvalue weighted by Gasteiger charge is -2.09. The van der Waals surface area contributed by atoms with Crippen molar-refractivity contribution in [3.63, 3.8) is 0 Å². The summed E-state index contributed by atoms with van der Waals surface area (Å²) in [5.41, 5.74) is 0.120. The number of carbonyl (C=O) groups is 1. The number of nitrogens with zero attached hydrogens (tertiary/aromatic N) is 1. The molecule has 50 valence electrons. The van der Waals surface area contributed by atoms with Gasteiger partial charge in [0.2, 0.25) is 0 Å². The minimum Gasteiger partial charge on any atom is -0.305 e. The fourth-order valence-corrected chi connectivity index (χ4v) is 1.96.